The summed E-state index contributed by atoms with van der Waals surface area (Å²) in [7, 11) is 3.35. The molecule has 0 spiro atoms. The van der Waals surface area contributed by atoms with Gasteiger partial charge in [-0.3, -0.25) is 14.4 Å². The number of aromatic nitrogens is 1. The molecule has 0 aliphatic carbocycles. The molecule has 3 amide bonds. The van der Waals surface area contributed by atoms with Crippen molar-refractivity contribution >= 4 is 29.1 Å². The molecule has 2 aliphatic rings. The molecule has 1 aromatic heterocycles. The molecule has 2 atom stereocenters. The molecule has 0 radical (unpaired) electrons. The summed E-state index contributed by atoms with van der Waals surface area (Å²) in [6.07, 6.45) is 1.01. The number of carbonyl (C=O) groups excluding carboxylic acids is 3. The normalized spacial score (nSPS) is 23.8. The van der Waals surface area contributed by atoms with Crippen LogP contribution in [0.3, 0.4) is 0 Å². The standard InChI is InChI=1S/C14H18N4O3S/c1-16(2)13(20)6-18-10-3-4-17(11(10)5-12(18)19)14(21)9-7-22-8-15-9/h7-8,10-11H,3-6H2,1-2H3/t10-,11-/m1/s1. The van der Waals surface area contributed by atoms with E-state index in [1.807, 2.05) is 0 Å². The summed E-state index contributed by atoms with van der Waals surface area (Å²) in [6, 6.07) is -0.198. The number of rotatable bonds is 3. The maximum absolute atomic E-state index is 12.5. The Kier molecular flexibility index (Phi) is 3.86. The summed E-state index contributed by atoms with van der Waals surface area (Å²) in [5.41, 5.74) is 2.06. The number of carbonyl (C=O) groups is 3. The van der Waals surface area contributed by atoms with E-state index in [4.69, 9.17) is 0 Å². The van der Waals surface area contributed by atoms with Crippen molar-refractivity contribution in [3.05, 3.63) is 16.6 Å². The molecular formula is C14H18N4O3S. The molecule has 0 aromatic carbocycles. The number of likely N-dealkylation sites (tertiary alicyclic amines) is 2. The number of fused-ring (bicyclic) bond motifs is 1. The van der Waals surface area contributed by atoms with Gasteiger partial charge in [0.15, 0.2) is 0 Å². The van der Waals surface area contributed by atoms with E-state index in [2.05, 4.69) is 4.98 Å². The van der Waals surface area contributed by atoms with E-state index >= 15 is 0 Å². The van der Waals surface area contributed by atoms with E-state index in [1.54, 1.807) is 34.8 Å². The molecule has 1 aromatic rings. The second-order valence-electron chi connectivity index (χ2n) is 5.81. The SMILES string of the molecule is CN(C)C(=O)CN1C(=O)C[C@@H]2[C@H]1CCN2C(=O)c1cscn1. The highest BCUT2D eigenvalue weighted by molar-refractivity contribution is 7.07. The Bertz CT molecular complexity index is 601. The van der Waals surface area contributed by atoms with Crippen LogP contribution in [0.15, 0.2) is 10.9 Å². The highest BCUT2D eigenvalue weighted by Gasteiger charge is 2.49. The first-order valence-electron chi connectivity index (χ1n) is 7.18. The van der Waals surface area contributed by atoms with E-state index in [0.717, 1.165) is 0 Å². The van der Waals surface area contributed by atoms with Crippen LogP contribution >= 0.6 is 11.3 Å². The first-order valence-corrected chi connectivity index (χ1v) is 8.12. The van der Waals surface area contributed by atoms with E-state index in [9.17, 15) is 14.4 Å². The van der Waals surface area contributed by atoms with Crippen molar-refractivity contribution in [1.29, 1.82) is 0 Å². The van der Waals surface area contributed by atoms with E-state index in [-0.39, 0.29) is 36.3 Å². The fraction of sp³-hybridized carbons (Fsp3) is 0.571. The lowest BCUT2D eigenvalue weighted by atomic mass is 10.1. The average molecular weight is 322 g/mol. The number of amides is 3. The molecule has 0 unspecified atom stereocenters. The third kappa shape index (κ3) is 2.47. The predicted octanol–water partition coefficient (Wildman–Crippen LogP) is 0.0467. The van der Waals surface area contributed by atoms with Gasteiger partial charge in [-0.2, -0.15) is 0 Å². The molecule has 0 N–H and O–H groups in total. The van der Waals surface area contributed by atoms with Crippen LogP contribution in [0.2, 0.25) is 0 Å². The Hall–Kier alpha value is -1.96. The minimum atomic E-state index is -0.142. The second kappa shape index (κ2) is 5.68. The molecule has 7 nitrogen and oxygen atoms in total. The molecule has 2 saturated heterocycles. The minimum absolute atomic E-state index is 0.0547. The molecule has 0 bridgehead atoms. The average Bonchev–Trinajstić information content (AvgIpc) is 3.17. The van der Waals surface area contributed by atoms with Gasteiger partial charge in [-0.1, -0.05) is 0 Å². The van der Waals surface area contributed by atoms with Gasteiger partial charge in [-0.25, -0.2) is 4.98 Å². The van der Waals surface area contributed by atoms with Crippen LogP contribution in [0.1, 0.15) is 23.3 Å². The number of hydrogen-bond donors (Lipinski definition) is 0. The summed E-state index contributed by atoms with van der Waals surface area (Å²) < 4.78 is 0. The summed E-state index contributed by atoms with van der Waals surface area (Å²) in [5.74, 6) is -0.276. The van der Waals surface area contributed by atoms with E-state index in [1.165, 1.54) is 16.2 Å². The van der Waals surface area contributed by atoms with Gasteiger partial charge in [0.25, 0.3) is 5.91 Å². The number of nitrogens with zero attached hydrogens (tertiary/aromatic N) is 4. The Labute approximate surface area is 132 Å². The topological polar surface area (TPSA) is 73.8 Å². The van der Waals surface area contributed by atoms with Crippen LogP contribution in [-0.4, -0.2) is 76.7 Å². The molecule has 118 valence electrons. The fourth-order valence-electron chi connectivity index (χ4n) is 3.14. The van der Waals surface area contributed by atoms with Crippen LogP contribution in [0.4, 0.5) is 0 Å². The van der Waals surface area contributed by atoms with Gasteiger partial charge >= 0.3 is 0 Å². The zero-order chi connectivity index (χ0) is 15.9. The lowest BCUT2D eigenvalue weighted by Gasteiger charge is -2.25. The van der Waals surface area contributed by atoms with Crippen molar-refractivity contribution in [2.45, 2.75) is 24.9 Å². The maximum Gasteiger partial charge on any atom is 0.273 e. The summed E-state index contributed by atoms with van der Waals surface area (Å²) in [5, 5.41) is 1.72. The van der Waals surface area contributed by atoms with E-state index in [0.29, 0.717) is 25.1 Å². The fourth-order valence-corrected chi connectivity index (χ4v) is 3.66. The van der Waals surface area contributed by atoms with Crippen LogP contribution < -0.4 is 0 Å². The van der Waals surface area contributed by atoms with Gasteiger partial charge in [0.1, 0.15) is 12.2 Å². The van der Waals surface area contributed by atoms with Gasteiger partial charge < -0.3 is 14.7 Å². The Morgan fingerprint density at radius 2 is 2.18 bits per heavy atom. The monoisotopic (exact) mass is 322 g/mol. The van der Waals surface area contributed by atoms with Gasteiger partial charge in [-0.15, -0.1) is 11.3 Å². The third-order valence-corrected chi connectivity index (χ3v) is 4.92. The predicted molar refractivity (Wildman–Crippen MR) is 80.4 cm³/mol. The first-order chi connectivity index (χ1) is 10.5. The molecule has 8 heteroatoms. The second-order valence-corrected chi connectivity index (χ2v) is 6.53. The van der Waals surface area contributed by atoms with Crippen molar-refractivity contribution < 1.29 is 14.4 Å². The summed E-state index contributed by atoms with van der Waals surface area (Å²) in [6.45, 7) is 0.692. The summed E-state index contributed by atoms with van der Waals surface area (Å²) in [4.78, 5) is 45.4. The van der Waals surface area contributed by atoms with Gasteiger partial charge in [0.2, 0.25) is 11.8 Å². The van der Waals surface area contributed by atoms with Crippen LogP contribution in [0.5, 0.6) is 0 Å². The molecule has 2 aliphatic heterocycles. The lowest BCUT2D eigenvalue weighted by Crippen LogP contribution is -2.43. The number of hydrogen-bond acceptors (Lipinski definition) is 5. The van der Waals surface area contributed by atoms with Crippen LogP contribution in [0, 0.1) is 0 Å². The Morgan fingerprint density at radius 1 is 1.41 bits per heavy atom. The van der Waals surface area contributed by atoms with Crippen molar-refractivity contribution in [2.75, 3.05) is 27.2 Å². The molecule has 2 fully saturated rings. The Balaban J connectivity index is 1.73. The van der Waals surface area contributed by atoms with Gasteiger partial charge in [0, 0.05) is 32.4 Å². The minimum Gasteiger partial charge on any atom is -0.347 e. The van der Waals surface area contributed by atoms with E-state index < -0.39 is 0 Å². The molecule has 22 heavy (non-hydrogen) atoms. The zero-order valence-electron chi connectivity index (χ0n) is 12.6. The first kappa shape index (κ1) is 15.0. The smallest absolute Gasteiger partial charge is 0.273 e. The van der Waals surface area contributed by atoms with Crippen molar-refractivity contribution in [3.63, 3.8) is 0 Å². The van der Waals surface area contributed by atoms with Crippen molar-refractivity contribution in [1.82, 2.24) is 19.7 Å². The largest absolute Gasteiger partial charge is 0.347 e. The Morgan fingerprint density at radius 3 is 2.82 bits per heavy atom. The van der Waals surface area contributed by atoms with Crippen LogP contribution in [-0.2, 0) is 9.59 Å². The van der Waals surface area contributed by atoms with Crippen LogP contribution in [0.25, 0.3) is 0 Å². The third-order valence-electron chi connectivity index (χ3n) is 4.33. The van der Waals surface area contributed by atoms with Gasteiger partial charge in [-0.05, 0) is 6.42 Å². The molecular weight excluding hydrogens is 304 g/mol. The molecule has 3 heterocycles. The van der Waals surface area contributed by atoms with Gasteiger partial charge in [0.05, 0.1) is 17.6 Å². The lowest BCUT2D eigenvalue weighted by molar-refractivity contribution is -0.138. The number of thiazole rings is 1. The van der Waals surface area contributed by atoms with Crippen molar-refractivity contribution in [2.24, 2.45) is 0 Å². The quantitative estimate of drug-likeness (QED) is 0.788. The molecule has 3 rings (SSSR count). The number of likely N-dealkylation sites (N-methyl/N-ethyl adjacent to an activating group) is 1. The molecule has 0 saturated carbocycles. The highest BCUT2D eigenvalue weighted by Crippen LogP contribution is 2.33. The zero-order valence-corrected chi connectivity index (χ0v) is 13.4. The maximum atomic E-state index is 12.5. The van der Waals surface area contributed by atoms with Crippen molar-refractivity contribution in [3.8, 4) is 0 Å². The summed E-state index contributed by atoms with van der Waals surface area (Å²) >= 11 is 1.38. The highest BCUT2D eigenvalue weighted by atomic mass is 32.1.